The topological polar surface area (TPSA) is 610 Å². The van der Waals surface area contributed by atoms with Gasteiger partial charge < -0.3 is 153 Å². The van der Waals surface area contributed by atoms with Gasteiger partial charge in [0.25, 0.3) is 0 Å². The third-order valence-corrected chi connectivity index (χ3v) is 20.5. The van der Waals surface area contributed by atoms with E-state index in [-0.39, 0.29) is 29.9 Å². The number of aliphatic hydroxyl groups is 9. The lowest BCUT2D eigenvalue weighted by Gasteiger charge is -2.49. The predicted octanol–water partition coefficient (Wildman–Crippen LogP) is -2.07. The molecule has 0 aliphatic carbocycles. The molecular weight excluding hydrogens is 1530 g/mol. The molecule has 112 heavy (non-hydrogen) atoms. The largest absolute Gasteiger partial charge is 0.508 e. The summed E-state index contributed by atoms with van der Waals surface area (Å²) in [5.74, 6) is -16.8. The Bertz CT molecular complexity index is 4430. The van der Waals surface area contributed by atoms with E-state index in [0.29, 0.717) is 0 Å². The minimum Gasteiger partial charge on any atom is -0.508 e. The van der Waals surface area contributed by atoms with E-state index in [1.165, 1.54) is 27.0 Å². The molecule has 11 bridgehead atoms. The van der Waals surface area contributed by atoms with Gasteiger partial charge in [-0.2, -0.15) is 0 Å². The molecular formula is C72H85Cl2N9O29. The van der Waals surface area contributed by atoms with E-state index in [2.05, 4.69) is 37.2 Å². The molecule has 15 unspecified atom stereocenters. The second-order valence-electron chi connectivity index (χ2n) is 28.5. The molecule has 5 aromatic carbocycles. The highest BCUT2D eigenvalue weighted by molar-refractivity contribution is 6.32. The lowest BCUT2D eigenvalue weighted by atomic mass is 9.86. The van der Waals surface area contributed by atoms with E-state index in [0.717, 1.165) is 72.8 Å². The number of nitrogens with two attached hydrogens (primary N) is 2. The summed E-state index contributed by atoms with van der Waals surface area (Å²) in [6.45, 7) is 4.45. The fourth-order valence-corrected chi connectivity index (χ4v) is 14.4. The lowest BCUT2D eigenvalue weighted by Crippen LogP contribution is -2.67. The van der Waals surface area contributed by atoms with Gasteiger partial charge in [0.1, 0.15) is 114 Å². The molecule has 0 saturated carbocycles. The van der Waals surface area contributed by atoms with Crippen LogP contribution in [0.2, 0.25) is 10.0 Å². The van der Waals surface area contributed by atoms with Crippen LogP contribution in [0.5, 0.6) is 46.0 Å². The number of halogens is 2. The number of rotatable bonds is 16. The second kappa shape index (κ2) is 34.1. The van der Waals surface area contributed by atoms with Gasteiger partial charge in [0.2, 0.25) is 53.4 Å². The van der Waals surface area contributed by atoms with Crippen LogP contribution in [0, 0.1) is 5.92 Å². The zero-order valence-electron chi connectivity index (χ0n) is 60.1. The highest BCUT2D eigenvalue weighted by Crippen LogP contribution is 2.50. The number of aromatic hydroxyl groups is 3. The van der Waals surface area contributed by atoms with E-state index < -0.39 is 291 Å². The number of hydrogen-bond donors (Lipinski definition) is 22. The minimum atomic E-state index is -2.42. The molecule has 13 rings (SSSR count). The number of carbonyl (C=O) groups excluding carboxylic acids is 7. The first-order valence-corrected chi connectivity index (χ1v) is 35.9. The van der Waals surface area contributed by atoms with E-state index in [4.69, 9.17) is 72.6 Å². The van der Waals surface area contributed by atoms with E-state index in [9.17, 15) is 90.4 Å². The zero-order chi connectivity index (χ0) is 81.5. The third-order valence-electron chi connectivity index (χ3n) is 19.9. The van der Waals surface area contributed by atoms with E-state index in [1.807, 2.05) is 0 Å². The molecule has 0 spiro atoms. The van der Waals surface area contributed by atoms with Gasteiger partial charge in [0.05, 0.1) is 47.9 Å². The number of amides is 7. The van der Waals surface area contributed by atoms with Gasteiger partial charge in [-0.05, 0) is 110 Å². The van der Waals surface area contributed by atoms with Crippen LogP contribution >= 0.6 is 23.2 Å². The number of carboxylic acids is 1. The molecule has 5 aromatic rings. The molecule has 38 nitrogen and oxygen atoms in total. The fourth-order valence-electron chi connectivity index (χ4n) is 14.0. The van der Waals surface area contributed by atoms with Gasteiger partial charge in [-0.25, -0.2) is 4.79 Å². The molecule has 0 aromatic heterocycles. The van der Waals surface area contributed by atoms with Crippen LogP contribution in [0.1, 0.15) is 105 Å². The van der Waals surface area contributed by atoms with Gasteiger partial charge in [-0.15, -0.1) is 0 Å². The van der Waals surface area contributed by atoms with Crippen molar-refractivity contribution in [3.63, 3.8) is 0 Å². The molecule has 8 aliphatic heterocycles. The SMILES string of the molecule is CN[C@H](CC(C)C)C(=O)N[C@H]1C(=O)N[C@@H](CC(N)=O)C(=O)N[C@H]2C(=O)N[C@H]3C(=O)NC(C(=O)N[C@H](C(=O)O)c4cc(O)cc(O)c4-c4cc3ccc4O)[C@H](O)c3ccc(c(Cl)c3)Oc3cc2cc(c3OC2OC(CO)C(OC3OC(CO)C(O)C(O)C3O)C(O)C2OC2CC(C)(N)C(O)C(C)O2)Oc2ccc(cc2Cl)[C@H]1O. The van der Waals surface area contributed by atoms with Crippen LogP contribution in [0.15, 0.2) is 78.9 Å². The van der Waals surface area contributed by atoms with E-state index in [1.54, 1.807) is 13.8 Å². The van der Waals surface area contributed by atoms with Gasteiger partial charge in [0.15, 0.2) is 36.2 Å². The average Bonchev–Trinajstić information content (AvgIpc) is 0.762. The number of carbonyl (C=O) groups is 8. The highest BCUT2D eigenvalue weighted by atomic mass is 35.5. The first-order valence-electron chi connectivity index (χ1n) is 35.1. The highest BCUT2D eigenvalue weighted by Gasteiger charge is 2.55. The van der Waals surface area contributed by atoms with Crippen molar-refractivity contribution in [1.82, 2.24) is 37.2 Å². The Morgan fingerprint density at radius 1 is 0.643 bits per heavy atom. The Morgan fingerprint density at radius 2 is 1.24 bits per heavy atom. The van der Waals surface area contributed by atoms with Crippen molar-refractivity contribution in [2.75, 3.05) is 20.3 Å². The first-order chi connectivity index (χ1) is 52.9. The van der Waals surface area contributed by atoms with Gasteiger partial charge >= 0.3 is 5.97 Å². The molecule has 0 radical (unpaired) electrons. The number of aliphatic hydroxyl groups excluding tert-OH is 9. The number of ether oxygens (including phenoxy) is 8. The first kappa shape index (κ1) is 83.5. The maximum atomic E-state index is 16.2. The Kier molecular flexibility index (Phi) is 25.4. The molecule has 23 atom stereocenters. The molecule has 8 heterocycles. The van der Waals surface area contributed by atoms with Crippen molar-refractivity contribution < 1.29 is 143 Å². The van der Waals surface area contributed by atoms with Crippen LogP contribution in [0.4, 0.5) is 0 Å². The van der Waals surface area contributed by atoms with Crippen molar-refractivity contribution in [1.29, 1.82) is 0 Å². The quantitative estimate of drug-likeness (QED) is 0.0505. The fraction of sp³-hybridized carbons (Fsp3) is 0.472. The Labute approximate surface area is 646 Å². The Hall–Kier alpha value is -9.40. The van der Waals surface area contributed by atoms with Crippen molar-refractivity contribution in [2.24, 2.45) is 17.4 Å². The van der Waals surface area contributed by atoms with Crippen molar-refractivity contribution in [2.45, 2.75) is 187 Å². The summed E-state index contributed by atoms with van der Waals surface area (Å²) in [6, 6.07) is -1.42. The molecule has 8 aliphatic rings. The normalized spacial score (nSPS) is 31.9. The second-order valence-corrected chi connectivity index (χ2v) is 29.3. The molecule has 606 valence electrons. The molecule has 24 N–H and O–H groups in total. The Morgan fingerprint density at radius 3 is 1.83 bits per heavy atom. The number of primary amides is 1. The number of benzene rings is 5. The molecule has 3 saturated heterocycles. The summed E-state index contributed by atoms with van der Waals surface area (Å²) in [6.07, 6.45) is -29.6. The number of likely N-dealkylation sites (N-methyl/N-ethyl adjacent to an activating group) is 1. The summed E-state index contributed by atoms with van der Waals surface area (Å²) in [4.78, 5) is 118. The summed E-state index contributed by atoms with van der Waals surface area (Å²) >= 11 is 14.2. The zero-order valence-corrected chi connectivity index (χ0v) is 61.6. The smallest absolute Gasteiger partial charge is 0.330 e. The summed E-state index contributed by atoms with van der Waals surface area (Å²) in [7, 11) is 1.46. The third kappa shape index (κ3) is 17.5. The van der Waals surface area contributed by atoms with Crippen molar-refractivity contribution in [3.8, 4) is 57.1 Å². The van der Waals surface area contributed by atoms with Gasteiger partial charge in [-0.3, -0.25) is 33.6 Å². The maximum Gasteiger partial charge on any atom is 0.330 e. The molecule has 40 heteroatoms. The number of carboxylic acid groups (broad SMARTS) is 1. The number of nitrogens with one attached hydrogen (secondary N) is 7. The number of aliphatic carboxylic acids is 1. The van der Waals surface area contributed by atoms with Crippen LogP contribution in [-0.4, -0.2) is 244 Å². The summed E-state index contributed by atoms with van der Waals surface area (Å²) in [5.41, 5.74) is 7.75. The van der Waals surface area contributed by atoms with Gasteiger partial charge in [0, 0.05) is 34.7 Å². The summed E-state index contributed by atoms with van der Waals surface area (Å²) in [5, 5.41) is 164. The minimum absolute atomic E-state index is 0.128. The monoisotopic (exact) mass is 1610 g/mol. The van der Waals surface area contributed by atoms with Crippen LogP contribution in [0.3, 0.4) is 0 Å². The molecule has 7 amide bonds. The summed E-state index contributed by atoms with van der Waals surface area (Å²) < 4.78 is 50.9. The number of phenolic OH excluding ortho intramolecular Hbond substituents is 3. The number of hydrogen-bond acceptors (Lipinski definition) is 30. The van der Waals surface area contributed by atoms with Gasteiger partial charge in [-0.1, -0.05) is 55.2 Å². The standard InChI is InChI=1S/C72H85Cl2N9O29/c1-24(2)12-35(77-5)63(97)82-51-53(90)27-7-10-39(33(73)14-27)106-41-16-29-17-42(59(41)111-71-61(110-46-21-72(4,76)62(96)25(3)105-46)58(95)60(44(23-85)109-71)112-70-57(94)56(93)55(92)43(22-84)108-70)107-40-11-8-28(15-34(40)74)54(91)52-68(102)81-50(69(103)104)32-18-30(86)19-38(88)47(32)31-13-26(6-9-37(31)87)48(65(99)83-52)80-66(100)49(29)79-64(98)36(20-45(75)89)78-67(51)101/h6-11,13-19,24-25,35-36,43-44,46,48-58,60-62,70-71,77,84-88,90-96H,12,20-23,76H2,1-5H3,(H2,75,89)(H,78,101)(H,79,98)(H,80,100)(H,81,102)(H,82,97)(H,83,99)(H,103,104)/t25?,35-,36+,43?,44?,46?,48-,49-,50+,51-,52?,53-,54-,55?,56?,57?,58?,60?,61?,62?,70?,71?,72?/m1/s1. The number of phenols is 3. The average molecular weight is 1610 g/mol. The lowest BCUT2D eigenvalue weighted by molar-refractivity contribution is -0.369. The van der Waals surface area contributed by atoms with Crippen LogP contribution in [-0.2, 0) is 62.0 Å². The number of fused-ring (bicyclic) bond motifs is 15. The van der Waals surface area contributed by atoms with E-state index >= 15 is 14.4 Å². The Balaban J connectivity index is 1.16. The molecule has 3 fully saturated rings. The van der Waals surface area contributed by atoms with Crippen molar-refractivity contribution >= 4 is 70.5 Å². The van der Waals surface area contributed by atoms with Crippen LogP contribution in [0.25, 0.3) is 11.1 Å². The maximum absolute atomic E-state index is 16.2. The van der Waals surface area contributed by atoms with Crippen molar-refractivity contribution in [3.05, 3.63) is 117 Å². The predicted molar refractivity (Wildman–Crippen MR) is 382 cm³/mol. The van der Waals surface area contributed by atoms with Crippen LogP contribution < -0.4 is 62.9 Å².